The van der Waals surface area contributed by atoms with Gasteiger partial charge in [0.2, 0.25) is 5.75 Å². The van der Waals surface area contributed by atoms with E-state index in [4.69, 9.17) is 9.47 Å². The molecule has 2 aromatic rings. The van der Waals surface area contributed by atoms with Crippen molar-refractivity contribution in [3.05, 3.63) is 28.6 Å². The van der Waals surface area contributed by atoms with Gasteiger partial charge in [-0.2, -0.15) is 0 Å². The Hall–Kier alpha value is -2.17. The highest BCUT2D eigenvalue weighted by molar-refractivity contribution is 5.88. The van der Waals surface area contributed by atoms with Crippen LogP contribution < -0.4 is 15.0 Å². The zero-order valence-corrected chi connectivity index (χ0v) is 16.9. The second-order valence-corrected chi connectivity index (χ2v) is 6.99. The number of aromatic nitrogens is 1. The molecule has 0 saturated heterocycles. The Morgan fingerprint density at radius 1 is 1.00 bits per heavy atom. The molecule has 0 unspecified atom stereocenters. The number of pyridine rings is 1. The SMILES string of the molecule is CCCCCCCCn1c(=O)c(O)c(OC)c2ccc(OCCCC)cc21. The Bertz CT molecular complexity index is 782. The molecule has 0 aliphatic rings. The molecule has 0 radical (unpaired) electrons. The summed E-state index contributed by atoms with van der Waals surface area (Å²) in [6.07, 6.45) is 8.92. The fourth-order valence-corrected chi connectivity index (χ4v) is 3.29. The molecule has 27 heavy (non-hydrogen) atoms. The van der Waals surface area contributed by atoms with Crippen molar-refractivity contribution in [1.29, 1.82) is 0 Å². The van der Waals surface area contributed by atoms with Crippen LogP contribution in [0.5, 0.6) is 17.2 Å². The number of aromatic hydroxyl groups is 1. The number of hydrogen-bond acceptors (Lipinski definition) is 4. The molecule has 5 nitrogen and oxygen atoms in total. The lowest BCUT2D eigenvalue weighted by atomic mass is 10.1. The molecule has 0 saturated carbocycles. The van der Waals surface area contributed by atoms with Crippen LogP contribution in [0, 0.1) is 0 Å². The van der Waals surface area contributed by atoms with Gasteiger partial charge in [-0.05, 0) is 25.0 Å². The van der Waals surface area contributed by atoms with E-state index in [9.17, 15) is 9.90 Å². The third-order valence-corrected chi connectivity index (χ3v) is 4.87. The van der Waals surface area contributed by atoms with Crippen LogP contribution in [0.2, 0.25) is 0 Å². The summed E-state index contributed by atoms with van der Waals surface area (Å²) in [6, 6.07) is 5.59. The summed E-state index contributed by atoms with van der Waals surface area (Å²) in [4.78, 5) is 12.7. The van der Waals surface area contributed by atoms with Crippen LogP contribution in [-0.4, -0.2) is 23.4 Å². The maximum absolute atomic E-state index is 12.7. The van der Waals surface area contributed by atoms with E-state index in [0.29, 0.717) is 13.2 Å². The fraction of sp³-hybridized carbons (Fsp3) is 0.591. The second-order valence-electron chi connectivity index (χ2n) is 6.99. The summed E-state index contributed by atoms with van der Waals surface area (Å²) in [5.74, 6) is 0.643. The van der Waals surface area contributed by atoms with Gasteiger partial charge in [-0.3, -0.25) is 4.79 Å². The third-order valence-electron chi connectivity index (χ3n) is 4.87. The van der Waals surface area contributed by atoms with E-state index in [1.54, 1.807) is 4.57 Å². The van der Waals surface area contributed by atoms with Gasteiger partial charge in [0, 0.05) is 18.0 Å². The van der Waals surface area contributed by atoms with Crippen LogP contribution in [0.3, 0.4) is 0 Å². The summed E-state index contributed by atoms with van der Waals surface area (Å²) in [5.41, 5.74) is 0.343. The fourth-order valence-electron chi connectivity index (χ4n) is 3.29. The van der Waals surface area contributed by atoms with Gasteiger partial charge in [-0.25, -0.2) is 0 Å². The van der Waals surface area contributed by atoms with Crippen LogP contribution in [0.25, 0.3) is 10.9 Å². The molecule has 2 rings (SSSR count). The normalized spacial score (nSPS) is 11.1. The number of unbranched alkanes of at least 4 members (excludes halogenated alkanes) is 6. The largest absolute Gasteiger partial charge is 0.500 e. The standard InChI is InChI=1S/C22H33NO4/c1-4-6-8-9-10-11-14-23-19-16-17(27-15-7-5-2)12-13-18(19)21(26-3)20(24)22(23)25/h12-13,16,24H,4-11,14-15H2,1-3H3. The predicted octanol–water partition coefficient (Wildman–Crippen LogP) is 5.26. The van der Waals surface area contributed by atoms with Crippen LogP contribution >= 0.6 is 0 Å². The number of nitrogens with zero attached hydrogens (tertiary/aromatic N) is 1. The van der Waals surface area contributed by atoms with E-state index in [1.165, 1.54) is 32.8 Å². The Morgan fingerprint density at radius 3 is 2.41 bits per heavy atom. The summed E-state index contributed by atoms with van der Waals surface area (Å²) >= 11 is 0. The molecule has 0 atom stereocenters. The lowest BCUT2D eigenvalue weighted by Crippen LogP contribution is -2.21. The molecule has 1 heterocycles. The minimum Gasteiger partial charge on any atom is -0.500 e. The molecular weight excluding hydrogens is 342 g/mol. The molecule has 0 aliphatic carbocycles. The highest BCUT2D eigenvalue weighted by Gasteiger charge is 2.17. The minimum absolute atomic E-state index is 0.231. The predicted molar refractivity (Wildman–Crippen MR) is 110 cm³/mol. The Labute approximate surface area is 161 Å². The van der Waals surface area contributed by atoms with E-state index in [0.717, 1.165) is 42.3 Å². The third kappa shape index (κ3) is 5.41. The molecule has 0 spiro atoms. The van der Waals surface area contributed by atoms with E-state index < -0.39 is 5.56 Å². The van der Waals surface area contributed by atoms with Crippen molar-refractivity contribution in [2.24, 2.45) is 0 Å². The van der Waals surface area contributed by atoms with Crippen molar-refractivity contribution in [3.63, 3.8) is 0 Å². The van der Waals surface area contributed by atoms with Gasteiger partial charge in [0.25, 0.3) is 5.56 Å². The monoisotopic (exact) mass is 375 g/mol. The van der Waals surface area contributed by atoms with Gasteiger partial charge >= 0.3 is 0 Å². The minimum atomic E-state index is -0.404. The summed E-state index contributed by atoms with van der Waals surface area (Å²) in [7, 11) is 1.47. The molecular formula is C22H33NO4. The molecule has 5 heteroatoms. The summed E-state index contributed by atoms with van der Waals surface area (Å²) in [5, 5.41) is 11.0. The maximum Gasteiger partial charge on any atom is 0.297 e. The first kappa shape index (κ1) is 21.1. The van der Waals surface area contributed by atoms with Crippen LogP contribution in [0.4, 0.5) is 0 Å². The smallest absolute Gasteiger partial charge is 0.297 e. The zero-order valence-electron chi connectivity index (χ0n) is 16.9. The molecule has 1 aromatic heterocycles. The van der Waals surface area contributed by atoms with E-state index in [1.807, 2.05) is 18.2 Å². The van der Waals surface area contributed by atoms with Gasteiger partial charge in [-0.15, -0.1) is 0 Å². The molecule has 0 aliphatic heterocycles. The van der Waals surface area contributed by atoms with Crippen molar-refractivity contribution >= 4 is 10.9 Å². The van der Waals surface area contributed by atoms with Gasteiger partial charge in [0.05, 0.1) is 19.2 Å². The first-order valence-electron chi connectivity index (χ1n) is 10.2. The van der Waals surface area contributed by atoms with Gasteiger partial charge < -0.3 is 19.1 Å². The average Bonchev–Trinajstić information content (AvgIpc) is 2.68. The van der Waals surface area contributed by atoms with Crippen molar-refractivity contribution in [2.75, 3.05) is 13.7 Å². The quantitative estimate of drug-likeness (QED) is 0.514. The molecule has 0 fully saturated rings. The van der Waals surface area contributed by atoms with Gasteiger partial charge in [0.15, 0.2) is 5.75 Å². The van der Waals surface area contributed by atoms with Crippen molar-refractivity contribution in [3.8, 4) is 17.2 Å². The van der Waals surface area contributed by atoms with E-state index in [-0.39, 0.29) is 11.5 Å². The maximum atomic E-state index is 12.7. The summed E-state index contributed by atoms with van der Waals surface area (Å²) < 4.78 is 12.8. The lowest BCUT2D eigenvalue weighted by Gasteiger charge is -2.16. The molecule has 0 amide bonds. The summed E-state index contributed by atoms with van der Waals surface area (Å²) in [6.45, 7) is 5.55. The Kier molecular flexibility index (Phi) is 8.49. The molecule has 150 valence electrons. The van der Waals surface area contributed by atoms with Crippen molar-refractivity contribution in [1.82, 2.24) is 4.57 Å². The van der Waals surface area contributed by atoms with E-state index >= 15 is 0 Å². The first-order chi connectivity index (χ1) is 13.1. The number of fused-ring (bicyclic) bond motifs is 1. The average molecular weight is 376 g/mol. The van der Waals surface area contributed by atoms with Crippen molar-refractivity contribution < 1.29 is 14.6 Å². The van der Waals surface area contributed by atoms with Crippen LogP contribution in [0.15, 0.2) is 23.0 Å². The highest BCUT2D eigenvalue weighted by Crippen LogP contribution is 2.33. The van der Waals surface area contributed by atoms with Gasteiger partial charge in [-0.1, -0.05) is 52.4 Å². The van der Waals surface area contributed by atoms with Gasteiger partial charge in [0.1, 0.15) is 5.75 Å². The van der Waals surface area contributed by atoms with E-state index in [2.05, 4.69) is 13.8 Å². The number of methoxy groups -OCH3 is 1. The number of rotatable bonds is 12. The second kappa shape index (κ2) is 10.9. The first-order valence-corrected chi connectivity index (χ1v) is 10.2. The van der Waals surface area contributed by atoms with Crippen LogP contribution in [0.1, 0.15) is 65.2 Å². The molecule has 0 bridgehead atoms. The van der Waals surface area contributed by atoms with Crippen LogP contribution in [-0.2, 0) is 6.54 Å². The number of ether oxygens (including phenoxy) is 2. The zero-order chi connectivity index (χ0) is 19.6. The topological polar surface area (TPSA) is 60.7 Å². The number of benzene rings is 1. The highest BCUT2D eigenvalue weighted by atomic mass is 16.5. The molecule has 1 N–H and O–H groups in total. The number of hydrogen-bond donors (Lipinski definition) is 1. The Morgan fingerprint density at radius 2 is 1.70 bits per heavy atom. The Balaban J connectivity index is 2.29. The molecule has 1 aromatic carbocycles. The number of aryl methyl sites for hydroxylation is 1. The van der Waals surface area contributed by atoms with Crippen molar-refractivity contribution in [2.45, 2.75) is 71.8 Å². The lowest BCUT2D eigenvalue weighted by molar-refractivity contribution is 0.309.